The SMILES string of the molecule is C[C@@H](/C=C/CC(=O)N1Cc2ccccc2C[C@H]1CO)[C@]1(O)C(=O)N(Cc2ccc(N3CCCCCCC3=O)cc2)c2ccc(Br)cc21. The summed E-state index contributed by atoms with van der Waals surface area (Å²) in [5, 5.41) is 22.1. The molecule has 0 saturated carbocycles. The Morgan fingerprint density at radius 1 is 1.02 bits per heavy atom. The number of anilines is 2. The predicted molar refractivity (Wildman–Crippen MR) is 186 cm³/mol. The first-order valence-electron chi connectivity index (χ1n) is 16.6. The normalized spacial score (nSPS) is 22.2. The molecular weight excluding hydrogens is 658 g/mol. The first kappa shape index (κ1) is 33.1. The number of hydrogen-bond donors (Lipinski definition) is 2. The molecule has 3 aliphatic heterocycles. The second-order valence-corrected chi connectivity index (χ2v) is 13.9. The van der Waals surface area contributed by atoms with Gasteiger partial charge in [-0.3, -0.25) is 14.4 Å². The van der Waals surface area contributed by atoms with Crippen molar-refractivity contribution in [2.24, 2.45) is 5.92 Å². The third-order valence-corrected chi connectivity index (χ3v) is 10.4. The molecule has 0 aliphatic carbocycles. The van der Waals surface area contributed by atoms with Gasteiger partial charge in [0.2, 0.25) is 11.8 Å². The summed E-state index contributed by atoms with van der Waals surface area (Å²) in [5.41, 5.74) is 3.30. The van der Waals surface area contributed by atoms with Gasteiger partial charge in [0.15, 0.2) is 5.60 Å². The smallest absolute Gasteiger partial charge is 0.264 e. The first-order valence-corrected chi connectivity index (χ1v) is 17.4. The predicted octanol–water partition coefficient (Wildman–Crippen LogP) is 6.01. The third-order valence-electron chi connectivity index (χ3n) is 9.91. The van der Waals surface area contributed by atoms with Crippen molar-refractivity contribution in [1.29, 1.82) is 0 Å². The molecule has 3 aromatic carbocycles. The number of fused-ring (bicyclic) bond motifs is 2. The summed E-state index contributed by atoms with van der Waals surface area (Å²) in [4.78, 5) is 45.3. The number of hydrogen-bond acceptors (Lipinski definition) is 5. The Morgan fingerprint density at radius 3 is 2.53 bits per heavy atom. The van der Waals surface area contributed by atoms with Crippen molar-refractivity contribution in [1.82, 2.24) is 4.90 Å². The molecule has 3 aliphatic rings. The van der Waals surface area contributed by atoms with Gasteiger partial charge in [0.25, 0.3) is 5.91 Å². The summed E-state index contributed by atoms with van der Waals surface area (Å²) in [5.74, 6) is -1.02. The van der Waals surface area contributed by atoms with E-state index < -0.39 is 17.4 Å². The molecule has 3 heterocycles. The fourth-order valence-electron chi connectivity index (χ4n) is 7.14. The fourth-order valence-corrected chi connectivity index (χ4v) is 7.51. The van der Waals surface area contributed by atoms with Crippen LogP contribution in [0.3, 0.4) is 0 Å². The number of carbonyl (C=O) groups excluding carboxylic acids is 3. The number of benzene rings is 3. The van der Waals surface area contributed by atoms with Crippen LogP contribution in [0.2, 0.25) is 0 Å². The minimum atomic E-state index is -1.83. The molecule has 3 atom stereocenters. The molecule has 0 spiro atoms. The van der Waals surface area contributed by atoms with Gasteiger partial charge in [-0.05, 0) is 66.3 Å². The minimum absolute atomic E-state index is 0.0915. The highest BCUT2D eigenvalue weighted by Gasteiger charge is 2.52. The van der Waals surface area contributed by atoms with Gasteiger partial charge in [-0.1, -0.05) is 84.2 Å². The minimum Gasteiger partial charge on any atom is -0.394 e. The molecule has 9 heteroatoms. The van der Waals surface area contributed by atoms with Gasteiger partial charge in [-0.25, -0.2) is 0 Å². The molecule has 246 valence electrons. The summed E-state index contributed by atoms with van der Waals surface area (Å²) in [6.07, 6.45) is 8.84. The van der Waals surface area contributed by atoms with E-state index in [4.69, 9.17) is 0 Å². The monoisotopic (exact) mass is 699 g/mol. The van der Waals surface area contributed by atoms with Crippen molar-refractivity contribution >= 4 is 45.0 Å². The highest BCUT2D eigenvalue weighted by molar-refractivity contribution is 9.10. The average molecular weight is 701 g/mol. The Balaban J connectivity index is 1.17. The van der Waals surface area contributed by atoms with Crippen LogP contribution in [-0.2, 0) is 39.5 Å². The number of aliphatic hydroxyl groups excluding tert-OH is 1. The number of halogens is 1. The van der Waals surface area contributed by atoms with Crippen molar-refractivity contribution in [3.63, 3.8) is 0 Å². The average Bonchev–Trinajstić information content (AvgIpc) is 3.28. The van der Waals surface area contributed by atoms with E-state index in [0.717, 1.165) is 52.5 Å². The Kier molecular flexibility index (Phi) is 9.96. The Morgan fingerprint density at radius 2 is 1.77 bits per heavy atom. The molecule has 1 saturated heterocycles. The van der Waals surface area contributed by atoms with Crippen LogP contribution in [0, 0.1) is 5.92 Å². The zero-order valence-corrected chi connectivity index (χ0v) is 28.4. The van der Waals surface area contributed by atoms with Gasteiger partial charge < -0.3 is 24.9 Å². The van der Waals surface area contributed by atoms with Crippen LogP contribution in [-0.4, -0.2) is 52.0 Å². The zero-order chi connectivity index (χ0) is 33.1. The standard InChI is InChI=1S/C38H42BrN3O5/c1-26(9-8-13-36(45)41-24-29-11-6-5-10-28(29)21-32(41)25-43)38(47)33-22-30(39)16-19-34(33)42(37(38)46)23-27-14-17-31(18-15-27)40-20-7-3-2-4-12-35(40)44/h5-6,8-11,14-19,22,26,32,43,47H,2-4,7,12-13,20-21,23-25H2,1H3/b9-8+/t26-,32-,38+/m0/s1. The molecule has 3 amide bonds. The topological polar surface area (TPSA) is 101 Å². The first-order chi connectivity index (χ1) is 22.7. The lowest BCUT2D eigenvalue weighted by Gasteiger charge is -2.36. The van der Waals surface area contributed by atoms with E-state index in [9.17, 15) is 24.6 Å². The molecule has 47 heavy (non-hydrogen) atoms. The Hall–Kier alpha value is -3.79. The van der Waals surface area contributed by atoms with Crippen LogP contribution < -0.4 is 9.80 Å². The number of carbonyl (C=O) groups is 3. The van der Waals surface area contributed by atoms with E-state index in [1.807, 2.05) is 65.6 Å². The van der Waals surface area contributed by atoms with E-state index in [2.05, 4.69) is 15.9 Å². The van der Waals surface area contributed by atoms with Crippen LogP contribution in [0.1, 0.15) is 67.7 Å². The maximum Gasteiger partial charge on any atom is 0.264 e. The van der Waals surface area contributed by atoms with E-state index in [0.29, 0.717) is 37.2 Å². The number of amides is 3. The lowest BCUT2D eigenvalue weighted by atomic mass is 9.83. The van der Waals surface area contributed by atoms with Gasteiger partial charge in [0, 0.05) is 47.6 Å². The van der Waals surface area contributed by atoms with Crippen LogP contribution >= 0.6 is 15.9 Å². The van der Waals surface area contributed by atoms with Crippen molar-refractivity contribution < 1.29 is 24.6 Å². The maximum absolute atomic E-state index is 14.1. The van der Waals surface area contributed by atoms with Gasteiger partial charge in [-0.2, -0.15) is 0 Å². The van der Waals surface area contributed by atoms with Crippen LogP contribution in [0.25, 0.3) is 0 Å². The van der Waals surface area contributed by atoms with E-state index >= 15 is 0 Å². The van der Waals surface area contributed by atoms with Gasteiger partial charge in [0.1, 0.15) is 0 Å². The second-order valence-electron chi connectivity index (χ2n) is 12.9. The van der Waals surface area contributed by atoms with Crippen molar-refractivity contribution in [2.75, 3.05) is 23.0 Å². The molecule has 0 unspecified atom stereocenters. The van der Waals surface area contributed by atoms with Crippen molar-refractivity contribution in [3.8, 4) is 0 Å². The van der Waals surface area contributed by atoms with Crippen LogP contribution in [0.4, 0.5) is 11.4 Å². The molecule has 0 bridgehead atoms. The quantitative estimate of drug-likeness (QED) is 0.281. The lowest BCUT2D eigenvalue weighted by Crippen LogP contribution is -2.46. The Labute approximate surface area is 284 Å². The molecule has 0 radical (unpaired) electrons. The zero-order valence-electron chi connectivity index (χ0n) is 26.8. The third kappa shape index (κ3) is 6.66. The fraction of sp³-hybridized carbons (Fsp3) is 0.395. The highest BCUT2D eigenvalue weighted by Crippen LogP contribution is 2.47. The van der Waals surface area contributed by atoms with Gasteiger partial charge in [0.05, 0.1) is 24.9 Å². The molecule has 8 nitrogen and oxygen atoms in total. The molecular formula is C38H42BrN3O5. The second kappa shape index (κ2) is 14.1. The molecule has 3 aromatic rings. The molecule has 0 aromatic heterocycles. The van der Waals surface area contributed by atoms with Gasteiger partial charge in [-0.15, -0.1) is 0 Å². The summed E-state index contributed by atoms with van der Waals surface area (Å²) in [6.45, 7) is 3.09. The van der Waals surface area contributed by atoms with Crippen LogP contribution in [0.5, 0.6) is 0 Å². The lowest BCUT2D eigenvalue weighted by molar-refractivity contribution is -0.139. The molecule has 2 N–H and O–H groups in total. The van der Waals surface area contributed by atoms with E-state index in [1.54, 1.807) is 34.9 Å². The number of rotatable bonds is 8. The van der Waals surface area contributed by atoms with E-state index in [1.165, 1.54) is 0 Å². The molecule has 1 fully saturated rings. The van der Waals surface area contributed by atoms with Crippen LogP contribution in [0.15, 0.2) is 83.4 Å². The van der Waals surface area contributed by atoms with Crippen molar-refractivity contribution in [3.05, 3.63) is 106 Å². The number of nitrogens with zero attached hydrogens (tertiary/aromatic N) is 3. The summed E-state index contributed by atoms with van der Waals surface area (Å²) < 4.78 is 0.748. The molecule has 6 rings (SSSR count). The van der Waals surface area contributed by atoms with E-state index in [-0.39, 0.29) is 37.4 Å². The summed E-state index contributed by atoms with van der Waals surface area (Å²) in [6, 6.07) is 20.9. The van der Waals surface area contributed by atoms with Gasteiger partial charge >= 0.3 is 0 Å². The summed E-state index contributed by atoms with van der Waals surface area (Å²) >= 11 is 3.51. The maximum atomic E-state index is 14.1. The Bertz CT molecular complexity index is 1670. The van der Waals surface area contributed by atoms with Crippen molar-refractivity contribution in [2.45, 2.75) is 76.6 Å². The largest absolute Gasteiger partial charge is 0.394 e. The highest BCUT2D eigenvalue weighted by atomic mass is 79.9. The summed E-state index contributed by atoms with van der Waals surface area (Å²) in [7, 11) is 0. The number of aliphatic hydroxyl groups is 2.